The zero-order valence-electron chi connectivity index (χ0n) is 12.4. The molecule has 0 saturated heterocycles. The molecule has 1 aliphatic heterocycles. The average molecular weight is 386 g/mol. The Morgan fingerprint density at radius 2 is 2.09 bits per heavy atom. The molecule has 2 rings (SSSR count). The summed E-state index contributed by atoms with van der Waals surface area (Å²) in [4.78, 5) is 11.9. The van der Waals surface area contributed by atoms with Crippen molar-refractivity contribution >= 4 is 58.5 Å². The van der Waals surface area contributed by atoms with Gasteiger partial charge >= 0.3 is 6.09 Å². The number of carboxylic acid groups (broad SMARTS) is 1. The number of quaternary nitrogens is 1. The molecule has 0 aliphatic carbocycles. The first kappa shape index (κ1) is 18.0. The molecular weight excluding hydrogens is 369 g/mol. The molecule has 8 heteroatoms. The molecule has 1 aliphatic rings. The summed E-state index contributed by atoms with van der Waals surface area (Å²) in [5, 5.41) is 9.71. The Hall–Kier alpha value is -0.330. The van der Waals surface area contributed by atoms with Crippen LogP contribution in [0.15, 0.2) is 18.2 Å². The van der Waals surface area contributed by atoms with Crippen molar-refractivity contribution in [3.63, 3.8) is 0 Å². The van der Waals surface area contributed by atoms with E-state index in [1.165, 1.54) is 0 Å². The summed E-state index contributed by atoms with van der Waals surface area (Å²) in [7, 11) is 1.55. The van der Waals surface area contributed by atoms with Crippen molar-refractivity contribution in [3.05, 3.63) is 23.8 Å². The van der Waals surface area contributed by atoms with Crippen molar-refractivity contribution in [2.24, 2.45) is 0 Å². The Labute approximate surface area is 149 Å². The van der Waals surface area contributed by atoms with Crippen LogP contribution in [0.1, 0.15) is 19.4 Å². The highest BCUT2D eigenvalue weighted by Crippen LogP contribution is 2.47. The molecule has 1 atom stereocenters. The molecule has 0 fully saturated rings. The minimum absolute atomic E-state index is 0.0352. The molecule has 1 aromatic rings. The molecule has 0 radical (unpaired) electrons. The van der Waals surface area contributed by atoms with Crippen LogP contribution >= 0.6 is 46.8 Å². The molecule has 1 amide bonds. The lowest BCUT2D eigenvalue weighted by Gasteiger charge is -2.28. The van der Waals surface area contributed by atoms with Crippen LogP contribution in [0.2, 0.25) is 0 Å². The molecule has 4 nitrogen and oxygen atoms in total. The summed E-state index contributed by atoms with van der Waals surface area (Å²) in [6.07, 6.45) is -0.328. The van der Waals surface area contributed by atoms with E-state index in [-0.39, 0.29) is 11.4 Å². The predicted octanol–water partition coefficient (Wildman–Crippen LogP) is 5.03. The first-order valence-corrected chi connectivity index (χ1v) is 8.65. The van der Waals surface area contributed by atoms with E-state index in [0.29, 0.717) is 11.4 Å². The first-order chi connectivity index (χ1) is 9.95. The fourth-order valence-corrected chi connectivity index (χ4v) is 3.60. The van der Waals surface area contributed by atoms with Gasteiger partial charge in [0.1, 0.15) is 5.60 Å². The van der Waals surface area contributed by atoms with Gasteiger partial charge in [-0.1, -0.05) is 46.9 Å². The van der Waals surface area contributed by atoms with E-state index >= 15 is 0 Å². The third kappa shape index (κ3) is 3.77. The van der Waals surface area contributed by atoms with Crippen LogP contribution in [0.5, 0.6) is 5.75 Å². The van der Waals surface area contributed by atoms with Crippen LogP contribution in [-0.2, 0) is 6.42 Å². The number of carbonyl (C=O) groups is 1. The molecule has 22 heavy (non-hydrogen) atoms. The monoisotopic (exact) mass is 384 g/mol. The van der Waals surface area contributed by atoms with Gasteiger partial charge in [0.2, 0.25) is 3.79 Å². The standard InChI is InChI=1S/C14H16Cl3NO3S/c1-13(2)7-9-5-4-6-10(11(9)21-13)18(3,12(19)20)22-8-14(15,16)17/h4-6H,7-8H2,1-3H3/p+1. The summed E-state index contributed by atoms with van der Waals surface area (Å²) in [5.41, 5.74) is 1.17. The van der Waals surface area contributed by atoms with E-state index in [4.69, 9.17) is 39.5 Å². The Morgan fingerprint density at radius 3 is 2.64 bits per heavy atom. The molecule has 0 bridgehead atoms. The van der Waals surface area contributed by atoms with Crippen LogP contribution in [-0.4, -0.2) is 33.4 Å². The van der Waals surface area contributed by atoms with Crippen LogP contribution in [0.4, 0.5) is 10.5 Å². The molecule has 1 heterocycles. The van der Waals surface area contributed by atoms with Gasteiger partial charge in [0, 0.05) is 18.1 Å². The fourth-order valence-electron chi connectivity index (χ4n) is 2.37. The van der Waals surface area contributed by atoms with Gasteiger partial charge < -0.3 is 9.84 Å². The number of hydrogen-bond donors (Lipinski definition) is 1. The van der Waals surface area contributed by atoms with Gasteiger partial charge in [-0.05, 0) is 13.8 Å². The Balaban J connectivity index is 2.44. The number of rotatable bonds is 3. The van der Waals surface area contributed by atoms with Gasteiger partial charge in [0.15, 0.2) is 11.4 Å². The van der Waals surface area contributed by atoms with E-state index in [1.54, 1.807) is 13.1 Å². The van der Waals surface area contributed by atoms with Crippen molar-refractivity contribution in [2.75, 3.05) is 12.8 Å². The minimum atomic E-state index is -1.53. The van der Waals surface area contributed by atoms with Crippen molar-refractivity contribution in [2.45, 2.75) is 29.7 Å². The summed E-state index contributed by atoms with van der Waals surface area (Å²) in [6.45, 7) is 3.94. The number of alkyl halides is 3. The maximum absolute atomic E-state index is 11.9. The fraction of sp³-hybridized carbons (Fsp3) is 0.500. The van der Waals surface area contributed by atoms with Gasteiger partial charge in [0.25, 0.3) is 0 Å². The van der Waals surface area contributed by atoms with Gasteiger partial charge in [0.05, 0.1) is 24.7 Å². The lowest BCUT2D eigenvalue weighted by Crippen LogP contribution is -2.44. The second-order valence-corrected chi connectivity index (χ2v) is 9.69. The molecule has 1 unspecified atom stereocenters. The number of hydrogen-bond acceptors (Lipinski definition) is 3. The third-order valence-corrected chi connectivity index (χ3v) is 5.69. The Morgan fingerprint density at radius 1 is 1.45 bits per heavy atom. The molecule has 1 N–H and O–H groups in total. The zero-order chi connectivity index (χ0) is 16.8. The van der Waals surface area contributed by atoms with Crippen molar-refractivity contribution < 1.29 is 14.6 Å². The van der Waals surface area contributed by atoms with Crippen LogP contribution < -0.4 is 8.63 Å². The normalized spacial score (nSPS) is 19.2. The SMILES string of the molecule is CC1(C)Cc2cccc([N+](C)(SCC(Cl)(Cl)Cl)C(=O)O)c2O1. The Bertz CT molecular complexity index is 603. The quantitative estimate of drug-likeness (QED) is 0.450. The van der Waals surface area contributed by atoms with E-state index in [1.807, 2.05) is 26.0 Å². The molecule has 0 aromatic heterocycles. The first-order valence-electron chi connectivity index (χ1n) is 6.57. The summed E-state index contributed by atoms with van der Waals surface area (Å²) in [6, 6.07) is 5.51. The summed E-state index contributed by atoms with van der Waals surface area (Å²) >= 11 is 18.3. The molecule has 1 aromatic carbocycles. The number of para-hydroxylation sites is 1. The number of amides is 1. The smallest absolute Gasteiger partial charge is 0.481 e. The van der Waals surface area contributed by atoms with Crippen molar-refractivity contribution in [1.82, 2.24) is 3.89 Å². The maximum atomic E-state index is 11.9. The zero-order valence-corrected chi connectivity index (χ0v) is 15.5. The van der Waals surface area contributed by atoms with Crippen molar-refractivity contribution in [1.29, 1.82) is 0 Å². The largest absolute Gasteiger partial charge is 0.530 e. The second-order valence-electron chi connectivity index (χ2n) is 5.90. The third-order valence-electron chi connectivity index (χ3n) is 3.38. The lowest BCUT2D eigenvalue weighted by atomic mass is 10.0. The number of fused-ring (bicyclic) bond motifs is 1. The highest BCUT2D eigenvalue weighted by atomic mass is 35.6. The lowest BCUT2D eigenvalue weighted by molar-refractivity contribution is 0.136. The van der Waals surface area contributed by atoms with Crippen LogP contribution in [0.25, 0.3) is 0 Å². The highest BCUT2D eigenvalue weighted by molar-refractivity contribution is 7.99. The number of ether oxygens (including phenoxy) is 1. The maximum Gasteiger partial charge on any atom is 0.530 e. The summed E-state index contributed by atoms with van der Waals surface area (Å²) < 4.78 is 3.95. The minimum Gasteiger partial charge on any atom is -0.481 e. The van der Waals surface area contributed by atoms with Crippen LogP contribution in [0.3, 0.4) is 0 Å². The second kappa shape index (κ2) is 5.95. The van der Waals surface area contributed by atoms with Crippen molar-refractivity contribution in [3.8, 4) is 5.75 Å². The highest BCUT2D eigenvalue weighted by Gasteiger charge is 2.45. The number of nitrogens with zero attached hydrogens (tertiary/aromatic N) is 1. The Kier molecular flexibility index (Phi) is 4.87. The van der Waals surface area contributed by atoms with Gasteiger partial charge in [-0.2, -0.15) is 4.79 Å². The van der Waals surface area contributed by atoms with E-state index < -0.39 is 13.8 Å². The van der Waals surface area contributed by atoms with Gasteiger partial charge in [-0.25, -0.2) is 0 Å². The molecule has 0 saturated carbocycles. The van der Waals surface area contributed by atoms with Gasteiger partial charge in [-0.3, -0.25) is 0 Å². The summed E-state index contributed by atoms with van der Waals surface area (Å²) in [5.74, 6) is 0.641. The van der Waals surface area contributed by atoms with Gasteiger partial charge in [-0.15, -0.1) is 3.89 Å². The topological polar surface area (TPSA) is 46.5 Å². The molecular formula is C14H17Cl3NO3S+. The average Bonchev–Trinajstić information content (AvgIpc) is 2.68. The van der Waals surface area contributed by atoms with E-state index in [9.17, 15) is 9.90 Å². The number of benzene rings is 1. The molecule has 122 valence electrons. The van der Waals surface area contributed by atoms with E-state index in [2.05, 4.69) is 0 Å². The number of halogens is 3. The van der Waals surface area contributed by atoms with E-state index in [0.717, 1.165) is 23.9 Å². The predicted molar refractivity (Wildman–Crippen MR) is 93.3 cm³/mol. The molecule has 0 spiro atoms. The van der Waals surface area contributed by atoms with Crippen LogP contribution in [0, 0.1) is 0 Å².